The highest BCUT2D eigenvalue weighted by atomic mass is 16.5. The maximum absolute atomic E-state index is 14.0. The molecule has 1 fully saturated rings. The van der Waals surface area contributed by atoms with Crippen LogP contribution in [0.1, 0.15) is 31.9 Å². The summed E-state index contributed by atoms with van der Waals surface area (Å²) in [7, 11) is 0. The number of H-pyrrole nitrogens is 1. The monoisotopic (exact) mass is 486 g/mol. The second-order valence-electron chi connectivity index (χ2n) is 10.0. The zero-order valence-electron chi connectivity index (χ0n) is 20.8. The van der Waals surface area contributed by atoms with Gasteiger partial charge in [0.15, 0.2) is 0 Å². The minimum atomic E-state index is -0.562. The maximum atomic E-state index is 14.0. The molecule has 0 radical (unpaired) electrons. The number of rotatable bonds is 5. The Kier molecular flexibility index (Phi) is 6.14. The molecule has 1 aromatic heterocycles. The molecule has 0 atom stereocenters. The molecule has 186 valence electrons. The van der Waals surface area contributed by atoms with E-state index >= 15 is 0 Å². The van der Waals surface area contributed by atoms with Gasteiger partial charge in [-0.15, -0.1) is 0 Å². The number of imide groups is 1. The second kappa shape index (κ2) is 9.28. The summed E-state index contributed by atoms with van der Waals surface area (Å²) in [5.41, 5.74) is 1.90. The molecule has 1 N–H and O–H groups in total. The van der Waals surface area contributed by atoms with E-state index in [1.54, 1.807) is 0 Å². The number of benzene rings is 2. The molecular formula is C28H30N4O4. The van der Waals surface area contributed by atoms with Gasteiger partial charge in [0.2, 0.25) is 0 Å². The molecule has 0 bridgehead atoms. The first-order valence-corrected chi connectivity index (χ1v) is 12.2. The molecule has 2 aliphatic rings. The smallest absolute Gasteiger partial charge is 0.278 e. The highest BCUT2D eigenvalue weighted by Gasteiger charge is 2.44. The molecular weight excluding hydrogens is 456 g/mol. The van der Waals surface area contributed by atoms with Crippen LogP contribution in [-0.2, 0) is 26.4 Å². The van der Waals surface area contributed by atoms with Crippen molar-refractivity contribution in [2.45, 2.75) is 32.9 Å². The van der Waals surface area contributed by atoms with E-state index in [1.165, 1.54) is 9.58 Å². The predicted octanol–water partition coefficient (Wildman–Crippen LogP) is 3.21. The molecule has 1 saturated heterocycles. The van der Waals surface area contributed by atoms with Gasteiger partial charge in [-0.05, 0) is 26.3 Å². The highest BCUT2D eigenvalue weighted by molar-refractivity contribution is 6.36. The third kappa shape index (κ3) is 4.18. The van der Waals surface area contributed by atoms with E-state index in [-0.39, 0.29) is 34.8 Å². The van der Waals surface area contributed by atoms with Crippen molar-refractivity contribution in [1.29, 1.82) is 0 Å². The SMILES string of the molecule is CC(C)(C)n1[nH]c(-c2ccccc2)c(C2=C(N3CCOCC3)C(=O)N(Cc3ccccc3)C2=O)c1=O. The van der Waals surface area contributed by atoms with Crippen LogP contribution in [0.15, 0.2) is 71.2 Å². The third-order valence-corrected chi connectivity index (χ3v) is 6.53. The third-order valence-electron chi connectivity index (χ3n) is 6.53. The summed E-state index contributed by atoms with van der Waals surface area (Å²) in [4.78, 5) is 44.9. The number of aromatic nitrogens is 2. The highest BCUT2D eigenvalue weighted by Crippen LogP contribution is 2.36. The number of nitrogens with one attached hydrogen (secondary N) is 1. The van der Waals surface area contributed by atoms with Gasteiger partial charge in [0.1, 0.15) is 5.70 Å². The minimum Gasteiger partial charge on any atom is -0.378 e. The van der Waals surface area contributed by atoms with Gasteiger partial charge in [0, 0.05) is 18.7 Å². The number of ether oxygens (including phenoxy) is 1. The topological polar surface area (TPSA) is 87.6 Å². The Morgan fingerprint density at radius 3 is 2.08 bits per heavy atom. The van der Waals surface area contributed by atoms with Crippen LogP contribution < -0.4 is 5.56 Å². The van der Waals surface area contributed by atoms with Crippen molar-refractivity contribution in [3.05, 3.63) is 87.8 Å². The number of carbonyl (C=O) groups excluding carboxylic acids is 2. The van der Waals surface area contributed by atoms with Crippen LogP contribution in [0.4, 0.5) is 0 Å². The standard InChI is InChI=1S/C28H30N4O4/c1-28(2,3)32-26(34)21(23(29-32)20-12-8-5-9-13-20)22-24(30-14-16-36-17-15-30)27(35)31(25(22)33)18-19-10-6-4-7-11-19/h4-13,29H,14-18H2,1-3H3. The lowest BCUT2D eigenvalue weighted by Crippen LogP contribution is -2.40. The van der Waals surface area contributed by atoms with Crippen LogP contribution in [0.5, 0.6) is 0 Å². The van der Waals surface area contributed by atoms with Crippen LogP contribution in [0.2, 0.25) is 0 Å². The lowest BCUT2D eigenvalue weighted by molar-refractivity contribution is -0.138. The normalized spacial score (nSPS) is 16.9. The summed E-state index contributed by atoms with van der Waals surface area (Å²) in [5, 5.41) is 3.25. The van der Waals surface area contributed by atoms with E-state index in [9.17, 15) is 14.4 Å². The molecule has 2 aliphatic heterocycles. The average molecular weight is 487 g/mol. The summed E-state index contributed by atoms with van der Waals surface area (Å²) in [5.74, 6) is -0.845. The van der Waals surface area contributed by atoms with Crippen molar-refractivity contribution in [2.24, 2.45) is 0 Å². The second-order valence-corrected chi connectivity index (χ2v) is 10.0. The lowest BCUT2D eigenvalue weighted by atomic mass is 9.99. The minimum absolute atomic E-state index is 0.133. The summed E-state index contributed by atoms with van der Waals surface area (Å²) >= 11 is 0. The van der Waals surface area contributed by atoms with E-state index in [0.717, 1.165) is 11.1 Å². The lowest BCUT2D eigenvalue weighted by Gasteiger charge is -2.29. The van der Waals surface area contributed by atoms with Gasteiger partial charge >= 0.3 is 0 Å². The van der Waals surface area contributed by atoms with Gasteiger partial charge in [-0.3, -0.25) is 24.4 Å². The molecule has 8 heteroatoms. The number of nitrogens with zero attached hydrogens (tertiary/aromatic N) is 3. The Morgan fingerprint density at radius 2 is 1.47 bits per heavy atom. The van der Waals surface area contributed by atoms with Crippen LogP contribution >= 0.6 is 0 Å². The number of aromatic amines is 1. The molecule has 5 rings (SSSR count). The van der Waals surface area contributed by atoms with E-state index in [4.69, 9.17) is 4.74 Å². The van der Waals surface area contributed by atoms with E-state index < -0.39 is 11.4 Å². The Morgan fingerprint density at radius 1 is 0.861 bits per heavy atom. The maximum Gasteiger partial charge on any atom is 0.278 e. The largest absolute Gasteiger partial charge is 0.378 e. The van der Waals surface area contributed by atoms with Crippen molar-refractivity contribution in [3.8, 4) is 11.3 Å². The van der Waals surface area contributed by atoms with Gasteiger partial charge in [0.05, 0.1) is 42.1 Å². The molecule has 0 saturated carbocycles. The van der Waals surface area contributed by atoms with Crippen molar-refractivity contribution in [2.75, 3.05) is 26.3 Å². The number of morpholine rings is 1. The number of amides is 2. The summed E-state index contributed by atoms with van der Waals surface area (Å²) < 4.78 is 7.04. The Balaban J connectivity index is 1.73. The molecule has 2 aromatic carbocycles. The number of hydrogen-bond donors (Lipinski definition) is 1. The Labute approximate surface area is 209 Å². The van der Waals surface area contributed by atoms with Gasteiger partial charge in [-0.25, -0.2) is 4.68 Å². The van der Waals surface area contributed by atoms with E-state index in [2.05, 4.69) is 5.10 Å². The molecule has 0 unspecified atom stereocenters. The first-order valence-electron chi connectivity index (χ1n) is 12.2. The first kappa shape index (κ1) is 23.8. The number of carbonyl (C=O) groups is 2. The van der Waals surface area contributed by atoms with Crippen molar-refractivity contribution in [3.63, 3.8) is 0 Å². The van der Waals surface area contributed by atoms with Crippen LogP contribution in [0, 0.1) is 0 Å². The number of hydrogen-bond acceptors (Lipinski definition) is 5. The molecule has 3 aromatic rings. The van der Waals surface area contributed by atoms with E-state index in [1.807, 2.05) is 86.3 Å². The van der Waals surface area contributed by atoms with Gasteiger partial charge < -0.3 is 9.64 Å². The van der Waals surface area contributed by atoms with Crippen LogP contribution in [-0.4, -0.2) is 57.7 Å². The zero-order chi connectivity index (χ0) is 25.4. The Bertz CT molecular complexity index is 1370. The fourth-order valence-corrected chi connectivity index (χ4v) is 4.73. The van der Waals surface area contributed by atoms with Crippen LogP contribution in [0.25, 0.3) is 16.8 Å². The van der Waals surface area contributed by atoms with Gasteiger partial charge in [-0.1, -0.05) is 60.7 Å². The fourth-order valence-electron chi connectivity index (χ4n) is 4.73. The zero-order valence-corrected chi connectivity index (χ0v) is 20.8. The molecule has 0 aliphatic carbocycles. The molecule has 8 nitrogen and oxygen atoms in total. The molecule has 2 amide bonds. The summed E-state index contributed by atoms with van der Waals surface area (Å²) in [6, 6.07) is 18.8. The van der Waals surface area contributed by atoms with Gasteiger partial charge in [-0.2, -0.15) is 0 Å². The Hall–Kier alpha value is -3.91. The van der Waals surface area contributed by atoms with Crippen molar-refractivity contribution in [1.82, 2.24) is 19.6 Å². The first-order chi connectivity index (χ1) is 17.3. The van der Waals surface area contributed by atoms with Crippen LogP contribution in [0.3, 0.4) is 0 Å². The van der Waals surface area contributed by atoms with Crippen molar-refractivity contribution >= 4 is 17.4 Å². The van der Waals surface area contributed by atoms with Gasteiger partial charge in [0.25, 0.3) is 17.4 Å². The summed E-state index contributed by atoms with van der Waals surface area (Å²) in [6.45, 7) is 7.72. The average Bonchev–Trinajstić information content (AvgIpc) is 3.34. The fraction of sp³-hybridized carbons (Fsp3) is 0.321. The predicted molar refractivity (Wildman–Crippen MR) is 137 cm³/mol. The van der Waals surface area contributed by atoms with Crippen molar-refractivity contribution < 1.29 is 14.3 Å². The van der Waals surface area contributed by atoms with E-state index in [0.29, 0.717) is 32.0 Å². The quantitative estimate of drug-likeness (QED) is 0.560. The molecule has 36 heavy (non-hydrogen) atoms. The molecule has 0 spiro atoms. The summed E-state index contributed by atoms with van der Waals surface area (Å²) in [6.07, 6.45) is 0. The molecule has 3 heterocycles.